The highest BCUT2D eigenvalue weighted by atomic mass is 127. The van der Waals surface area contributed by atoms with Crippen molar-refractivity contribution in [2.75, 3.05) is 0 Å². The molecule has 0 spiro atoms. The topological polar surface area (TPSA) is 0 Å². The summed E-state index contributed by atoms with van der Waals surface area (Å²) in [5.41, 5.74) is 17.5. The first kappa shape index (κ1) is 65.6. The lowest BCUT2D eigenvalue weighted by Gasteiger charge is -2.33. The third kappa shape index (κ3) is 9.94. The molecule has 2 heteroatoms. The van der Waals surface area contributed by atoms with E-state index in [4.69, 9.17) is 0 Å². The summed E-state index contributed by atoms with van der Waals surface area (Å²) in [5, 5.41) is 34.0. The second-order valence-corrected chi connectivity index (χ2v) is 34.7. The van der Waals surface area contributed by atoms with E-state index in [1.165, 1.54) is 361 Å². The molecule has 0 nitrogen and oxygen atoms in total. The smallest absolute Gasteiger partial charge is 0.0215 e. The number of hydrogen-bond donors (Lipinski definition) is 0. The second kappa shape index (κ2) is 26.5. The highest BCUT2D eigenvalue weighted by Crippen LogP contribution is 2.63. The predicted molar refractivity (Wildman–Crippen MR) is 464 cm³/mol. The van der Waals surface area contributed by atoms with Gasteiger partial charge in [0.25, 0.3) is 0 Å². The van der Waals surface area contributed by atoms with Crippen LogP contribution in [-0.2, 0) is 10.8 Å². The summed E-state index contributed by atoms with van der Waals surface area (Å²) in [6, 6.07) is 70.8. The van der Waals surface area contributed by atoms with Gasteiger partial charge < -0.3 is 0 Å². The molecule has 510 valence electrons. The van der Waals surface area contributed by atoms with Gasteiger partial charge >= 0.3 is 0 Å². The van der Waals surface area contributed by atoms with Gasteiger partial charge in [-0.3, -0.25) is 0 Å². The van der Waals surface area contributed by atoms with Crippen LogP contribution < -0.4 is 0 Å². The number of unbranched alkanes of at least 4 members (excludes halogenated alkanes) is 20. The predicted octanol–water partition coefficient (Wildman–Crippen LogP) is 32.2. The zero-order valence-corrected chi connectivity index (χ0v) is 65.0. The molecular formula is C100H96I2. The fourth-order valence-electron chi connectivity index (χ4n) is 21.8. The third-order valence-corrected chi connectivity index (χ3v) is 27.8. The minimum absolute atomic E-state index is 0.0341. The Balaban J connectivity index is 0.893. The fraction of sp³-hybridized carbons (Fsp3) is 0.340. The van der Waals surface area contributed by atoms with Crippen LogP contribution in [0.2, 0.25) is 0 Å². The molecule has 0 radical (unpaired) electrons. The van der Waals surface area contributed by atoms with Crippen LogP contribution in [0.4, 0.5) is 0 Å². The van der Waals surface area contributed by atoms with E-state index in [1.54, 1.807) is 22.3 Å². The van der Waals surface area contributed by atoms with Crippen molar-refractivity contribution in [1.29, 1.82) is 0 Å². The highest BCUT2D eigenvalue weighted by Gasteiger charge is 2.45. The van der Waals surface area contributed by atoms with Crippen molar-refractivity contribution in [3.8, 4) is 44.5 Å². The molecule has 0 saturated carbocycles. The van der Waals surface area contributed by atoms with E-state index in [0.29, 0.717) is 0 Å². The van der Waals surface area contributed by atoms with Crippen molar-refractivity contribution in [3.63, 3.8) is 0 Å². The van der Waals surface area contributed by atoms with Crippen LogP contribution in [-0.4, -0.2) is 0 Å². The van der Waals surface area contributed by atoms with Crippen LogP contribution in [0, 0.1) is 7.14 Å². The molecule has 102 heavy (non-hydrogen) atoms. The highest BCUT2D eigenvalue weighted by molar-refractivity contribution is 14.1. The van der Waals surface area contributed by atoms with E-state index >= 15 is 0 Å². The summed E-state index contributed by atoms with van der Waals surface area (Å²) in [7, 11) is 0. The molecule has 0 aromatic heterocycles. The molecule has 0 unspecified atom stereocenters. The lowest BCUT2D eigenvalue weighted by Crippen LogP contribution is -2.25. The van der Waals surface area contributed by atoms with Gasteiger partial charge in [-0.2, -0.15) is 0 Å². The van der Waals surface area contributed by atoms with Crippen LogP contribution in [0.25, 0.3) is 174 Å². The van der Waals surface area contributed by atoms with Crippen molar-refractivity contribution >= 4 is 174 Å². The van der Waals surface area contributed by atoms with Gasteiger partial charge in [-0.15, -0.1) is 0 Å². The SMILES string of the molecule is CCCCCCCCC1(CCCCCCCC)c2cc(I)ccc2-c2ccc(-c3cc4c5cccc6c7cccc8c9cccc%10c%11cccc%12c%13cc(-c%14ccc%15c(c%14)C(CCCCCCCC)(CCCCCCCC)c%14cc(I)ccc%14-%15)cc%14c(c3)c4c3c(c65)c(c87)c(c9%10)c(c%11%12)c3c%13%14)cc21. The lowest BCUT2D eigenvalue weighted by atomic mass is 9.70. The zero-order valence-electron chi connectivity index (χ0n) is 60.7. The molecule has 0 aliphatic heterocycles. The van der Waals surface area contributed by atoms with Crippen LogP contribution in [0.15, 0.2) is 170 Å². The standard InChI is InChI=1S/C100H96I2/c1-5-9-13-17-21-25-49-99(50-26-22-18-14-10-6-2)83-57-61(41-45-67(83)69-47-43-65(101)59-85(69)99)63-53-79-77-39-31-37-75-73-35-29-33-71-72-34-30-36-74-76-38-32-40-78-80-54-64(56-82-81(55-63)91(79)97-95(89(75)77)93(87(71)73)94(88(72)74)96(90(76)78)98(97)92(80)82)62-42-46-68-70-48-44-66(102)60-86(70)100(84(68)58-62,51-27-23-19-15-11-7-3)52-28-24-20-16-12-8-4/h29-48,53-60H,5-28,49-52H2,1-4H3. The molecule has 0 atom stereocenters. The first-order chi connectivity index (χ1) is 50.3. The van der Waals surface area contributed by atoms with E-state index in [-0.39, 0.29) is 10.8 Å². The van der Waals surface area contributed by atoms with E-state index < -0.39 is 0 Å². The van der Waals surface area contributed by atoms with Gasteiger partial charge in [0.05, 0.1) is 0 Å². The van der Waals surface area contributed by atoms with Crippen LogP contribution in [0.1, 0.15) is 230 Å². The van der Waals surface area contributed by atoms with Crippen LogP contribution >= 0.6 is 45.2 Å². The Morgan fingerprint density at radius 1 is 0.206 bits per heavy atom. The monoisotopic (exact) mass is 1550 g/mol. The summed E-state index contributed by atoms with van der Waals surface area (Å²) >= 11 is 5.24. The average Bonchev–Trinajstić information content (AvgIpc) is 0.813. The number of halogens is 2. The molecule has 0 saturated heterocycles. The number of hydrogen-bond acceptors (Lipinski definition) is 0. The minimum atomic E-state index is -0.0341. The number of benzene rings is 17. The summed E-state index contributed by atoms with van der Waals surface area (Å²) < 4.78 is 2.72. The van der Waals surface area contributed by atoms with Crippen molar-refractivity contribution in [3.05, 3.63) is 199 Å². The van der Waals surface area contributed by atoms with Crippen molar-refractivity contribution in [2.45, 2.75) is 218 Å². The Kier molecular flexibility index (Phi) is 17.0. The molecule has 17 aromatic carbocycles. The maximum Gasteiger partial charge on any atom is 0.0215 e. The summed E-state index contributed by atoms with van der Waals surface area (Å²) in [6.45, 7) is 9.42. The Hall–Kier alpha value is -7.12. The summed E-state index contributed by atoms with van der Waals surface area (Å²) in [5.74, 6) is 0. The summed E-state index contributed by atoms with van der Waals surface area (Å²) in [4.78, 5) is 0. The summed E-state index contributed by atoms with van der Waals surface area (Å²) in [6.07, 6.45) is 36.4. The molecule has 19 rings (SSSR count). The van der Waals surface area contributed by atoms with Crippen LogP contribution in [0.3, 0.4) is 0 Å². The van der Waals surface area contributed by atoms with Crippen molar-refractivity contribution in [2.24, 2.45) is 0 Å². The van der Waals surface area contributed by atoms with Gasteiger partial charge in [-0.05, 0) is 328 Å². The first-order valence-corrected chi connectivity index (χ1v) is 42.5. The minimum Gasteiger partial charge on any atom is -0.0654 e. The normalized spacial score (nSPS) is 14.3. The average molecular weight is 1550 g/mol. The number of fused-ring (bicyclic) bond motifs is 12. The lowest BCUT2D eigenvalue weighted by molar-refractivity contribution is 0.398. The zero-order chi connectivity index (χ0) is 68.5. The fourth-order valence-corrected chi connectivity index (χ4v) is 22.8. The van der Waals surface area contributed by atoms with Gasteiger partial charge in [0.15, 0.2) is 0 Å². The van der Waals surface area contributed by atoms with E-state index in [0.717, 1.165) is 0 Å². The molecule has 2 aliphatic carbocycles. The molecule has 0 amide bonds. The molecule has 0 N–H and O–H groups in total. The van der Waals surface area contributed by atoms with Gasteiger partial charge in [0.1, 0.15) is 0 Å². The van der Waals surface area contributed by atoms with E-state index in [1.807, 2.05) is 0 Å². The van der Waals surface area contributed by atoms with Gasteiger partial charge in [0.2, 0.25) is 0 Å². The maximum atomic E-state index is 2.75. The third-order valence-electron chi connectivity index (χ3n) is 26.4. The Morgan fingerprint density at radius 3 is 0.716 bits per heavy atom. The Bertz CT molecular complexity index is 5600. The maximum absolute atomic E-state index is 2.75. The number of rotatable bonds is 30. The molecular weight excluding hydrogens is 1450 g/mol. The van der Waals surface area contributed by atoms with E-state index in [9.17, 15) is 0 Å². The van der Waals surface area contributed by atoms with Crippen LogP contribution in [0.5, 0.6) is 0 Å². The molecule has 0 heterocycles. The molecule has 0 bridgehead atoms. The van der Waals surface area contributed by atoms with E-state index in [2.05, 4.69) is 243 Å². The Morgan fingerprint density at radius 2 is 0.431 bits per heavy atom. The second-order valence-electron chi connectivity index (χ2n) is 32.2. The quantitative estimate of drug-likeness (QED) is 0.0182. The molecule has 0 fully saturated rings. The molecule has 2 aliphatic rings. The van der Waals surface area contributed by atoms with Crippen molar-refractivity contribution < 1.29 is 0 Å². The van der Waals surface area contributed by atoms with Gasteiger partial charge in [-0.1, -0.05) is 291 Å². The van der Waals surface area contributed by atoms with Crippen molar-refractivity contribution in [1.82, 2.24) is 0 Å². The Labute approximate surface area is 631 Å². The largest absolute Gasteiger partial charge is 0.0654 e. The first-order valence-electron chi connectivity index (χ1n) is 40.4. The van der Waals surface area contributed by atoms with Gasteiger partial charge in [0, 0.05) is 18.0 Å². The molecule has 17 aromatic rings. The van der Waals surface area contributed by atoms with Gasteiger partial charge in [-0.25, -0.2) is 0 Å².